The molecule has 7 heteroatoms. The Kier molecular flexibility index (Phi) is 7.78. The fourth-order valence-corrected chi connectivity index (χ4v) is 3.80. The van der Waals surface area contributed by atoms with Crippen molar-refractivity contribution >= 4 is 19.4 Å². The molecule has 0 aliphatic carbocycles. The first kappa shape index (κ1) is 23.9. The lowest BCUT2D eigenvalue weighted by atomic mass is 10.0. The Balaban J connectivity index is 1.52. The maximum Gasteiger partial charge on any atom is 0.372 e. The SMILES string of the molecule is C=C(CCC(=C)C(=O)c1ccccc1)OP(=O)([O-])Oc1ccc(C(=O)c2ccccc2)cc1. The number of Topliss-reactive ketones (excluding diaryl/α,β-unsaturated/α-hetero) is 1. The van der Waals surface area contributed by atoms with Crippen molar-refractivity contribution in [2.24, 2.45) is 0 Å². The van der Waals surface area contributed by atoms with Gasteiger partial charge in [-0.05, 0) is 36.3 Å². The lowest BCUT2D eigenvalue weighted by Crippen LogP contribution is -2.11. The number of allylic oxidation sites excluding steroid dienone is 2. The Morgan fingerprint density at radius 1 is 0.758 bits per heavy atom. The van der Waals surface area contributed by atoms with Gasteiger partial charge in [0.1, 0.15) is 5.75 Å². The summed E-state index contributed by atoms with van der Waals surface area (Å²) in [6.45, 7) is 7.34. The lowest BCUT2D eigenvalue weighted by Gasteiger charge is -2.25. The van der Waals surface area contributed by atoms with Gasteiger partial charge in [-0.2, -0.15) is 0 Å². The first-order valence-electron chi connectivity index (χ1n) is 10.1. The van der Waals surface area contributed by atoms with Crippen LogP contribution < -0.4 is 9.42 Å². The normalized spacial score (nSPS) is 12.3. The molecule has 0 amide bonds. The van der Waals surface area contributed by atoms with Crippen molar-refractivity contribution in [3.05, 3.63) is 126 Å². The standard InChI is InChI=1S/C26H23O6P/c1-19(25(27)21-9-5-3-6-10-21)13-14-20(2)31-33(29,30)32-24-17-15-23(16-18-24)26(28)22-11-7-4-8-12-22/h3-12,15-18H,1-2,13-14H2,(H,29,30)/p-1. The molecule has 0 aliphatic heterocycles. The van der Waals surface area contributed by atoms with Crippen LogP contribution in [0.3, 0.4) is 0 Å². The molecule has 0 radical (unpaired) electrons. The van der Waals surface area contributed by atoms with Crippen molar-refractivity contribution in [2.45, 2.75) is 12.8 Å². The fraction of sp³-hybridized carbons (Fsp3) is 0.0769. The number of carbonyl (C=O) groups excluding carboxylic acids is 2. The van der Waals surface area contributed by atoms with Crippen molar-refractivity contribution in [1.29, 1.82) is 0 Å². The minimum Gasteiger partial charge on any atom is -0.736 e. The molecule has 0 N–H and O–H groups in total. The van der Waals surface area contributed by atoms with Crippen LogP contribution in [0.25, 0.3) is 0 Å². The monoisotopic (exact) mass is 461 g/mol. The Morgan fingerprint density at radius 3 is 1.85 bits per heavy atom. The van der Waals surface area contributed by atoms with Gasteiger partial charge in [0.25, 0.3) is 0 Å². The summed E-state index contributed by atoms with van der Waals surface area (Å²) < 4.78 is 22.1. The molecule has 6 nitrogen and oxygen atoms in total. The smallest absolute Gasteiger partial charge is 0.372 e. The van der Waals surface area contributed by atoms with E-state index in [1.165, 1.54) is 24.3 Å². The highest BCUT2D eigenvalue weighted by atomic mass is 31.2. The predicted molar refractivity (Wildman–Crippen MR) is 124 cm³/mol. The minimum atomic E-state index is -4.76. The van der Waals surface area contributed by atoms with Gasteiger partial charge in [0.15, 0.2) is 11.6 Å². The molecule has 168 valence electrons. The summed E-state index contributed by atoms with van der Waals surface area (Å²) in [6.07, 6.45) is 0.264. The summed E-state index contributed by atoms with van der Waals surface area (Å²) in [5.74, 6) is -0.502. The zero-order valence-electron chi connectivity index (χ0n) is 17.8. The third-order valence-electron chi connectivity index (χ3n) is 4.67. The van der Waals surface area contributed by atoms with Crippen LogP contribution in [0.5, 0.6) is 5.75 Å². The number of hydrogen-bond donors (Lipinski definition) is 0. The molecule has 1 atom stereocenters. The summed E-state index contributed by atoms with van der Waals surface area (Å²) in [7, 11) is -4.76. The second kappa shape index (κ2) is 10.7. The number of hydrogen-bond acceptors (Lipinski definition) is 6. The van der Waals surface area contributed by atoms with Crippen molar-refractivity contribution < 1.29 is 28.1 Å². The van der Waals surface area contributed by atoms with Gasteiger partial charge in [0.05, 0.1) is 5.76 Å². The number of phosphoric acid groups is 1. The summed E-state index contributed by atoms with van der Waals surface area (Å²) >= 11 is 0. The van der Waals surface area contributed by atoms with E-state index in [2.05, 4.69) is 13.2 Å². The molecule has 0 saturated heterocycles. The highest BCUT2D eigenvalue weighted by molar-refractivity contribution is 7.46. The van der Waals surface area contributed by atoms with E-state index in [1.54, 1.807) is 54.6 Å². The molecular formula is C26H22O6P-. The molecule has 0 aliphatic rings. The largest absolute Gasteiger partial charge is 0.736 e. The molecule has 0 bridgehead atoms. The Hall–Kier alpha value is -3.73. The zero-order valence-corrected chi connectivity index (χ0v) is 18.7. The second-order valence-corrected chi connectivity index (χ2v) is 8.45. The van der Waals surface area contributed by atoms with E-state index in [4.69, 9.17) is 9.05 Å². The van der Waals surface area contributed by atoms with E-state index in [0.717, 1.165) is 0 Å². The summed E-state index contributed by atoms with van der Waals surface area (Å²) in [4.78, 5) is 37.0. The molecule has 0 saturated carbocycles. The first-order valence-corrected chi connectivity index (χ1v) is 11.6. The summed E-state index contributed by atoms with van der Waals surface area (Å²) in [6, 6.07) is 23.0. The second-order valence-electron chi connectivity index (χ2n) is 7.19. The topological polar surface area (TPSA) is 92.7 Å². The van der Waals surface area contributed by atoms with Crippen molar-refractivity contribution in [3.63, 3.8) is 0 Å². The number of rotatable bonds is 11. The first-order chi connectivity index (χ1) is 15.7. The maximum absolute atomic E-state index is 12.4. The van der Waals surface area contributed by atoms with E-state index in [9.17, 15) is 19.0 Å². The molecule has 0 heterocycles. The fourth-order valence-electron chi connectivity index (χ4n) is 2.97. The molecule has 33 heavy (non-hydrogen) atoms. The van der Waals surface area contributed by atoms with Gasteiger partial charge in [-0.3, -0.25) is 9.59 Å². The molecule has 3 aromatic rings. The van der Waals surface area contributed by atoms with Crippen molar-refractivity contribution in [2.75, 3.05) is 0 Å². The van der Waals surface area contributed by atoms with Crippen molar-refractivity contribution in [1.82, 2.24) is 0 Å². The number of phosphoric ester groups is 1. The van der Waals surface area contributed by atoms with Crippen LogP contribution in [0.4, 0.5) is 0 Å². The summed E-state index contributed by atoms with van der Waals surface area (Å²) in [5, 5.41) is 0. The van der Waals surface area contributed by atoms with Gasteiger partial charge in [-0.25, -0.2) is 4.57 Å². The van der Waals surface area contributed by atoms with Gasteiger partial charge in [-0.15, -0.1) is 0 Å². The quantitative estimate of drug-likeness (QED) is 0.162. The molecule has 3 aromatic carbocycles. The highest BCUT2D eigenvalue weighted by Gasteiger charge is 2.16. The third kappa shape index (κ3) is 6.88. The average Bonchev–Trinajstić information content (AvgIpc) is 2.82. The van der Waals surface area contributed by atoms with Crippen molar-refractivity contribution in [3.8, 4) is 5.75 Å². The van der Waals surface area contributed by atoms with Gasteiger partial charge < -0.3 is 13.9 Å². The van der Waals surface area contributed by atoms with Gasteiger partial charge in [-0.1, -0.05) is 73.8 Å². The van der Waals surface area contributed by atoms with Crippen LogP contribution in [0.15, 0.2) is 109 Å². The van der Waals surface area contributed by atoms with E-state index in [0.29, 0.717) is 22.3 Å². The Morgan fingerprint density at radius 2 is 1.27 bits per heavy atom. The Bertz CT molecular complexity index is 1200. The van der Waals surface area contributed by atoms with Crippen LogP contribution in [0, 0.1) is 0 Å². The van der Waals surface area contributed by atoms with Crippen LogP contribution in [-0.2, 0) is 9.09 Å². The predicted octanol–water partition coefficient (Wildman–Crippen LogP) is 5.51. The Labute approximate surface area is 192 Å². The van der Waals surface area contributed by atoms with Crippen LogP contribution in [0.1, 0.15) is 39.1 Å². The molecule has 0 aromatic heterocycles. The third-order valence-corrected chi connectivity index (χ3v) is 5.59. The van der Waals surface area contributed by atoms with Crippen LogP contribution in [0.2, 0.25) is 0 Å². The lowest BCUT2D eigenvalue weighted by molar-refractivity contribution is -0.213. The van der Waals surface area contributed by atoms with Gasteiger partial charge >= 0.3 is 7.82 Å². The van der Waals surface area contributed by atoms with E-state index >= 15 is 0 Å². The minimum absolute atomic E-state index is 0.00518. The average molecular weight is 461 g/mol. The molecular weight excluding hydrogens is 439 g/mol. The number of carbonyl (C=O) groups is 2. The molecule has 3 rings (SSSR count). The zero-order chi connectivity index (χ0) is 23.8. The number of ketones is 2. The molecule has 1 unspecified atom stereocenters. The van der Waals surface area contributed by atoms with Crippen LogP contribution >= 0.6 is 7.82 Å². The number of benzene rings is 3. The van der Waals surface area contributed by atoms with Gasteiger partial charge in [0, 0.05) is 23.1 Å². The van der Waals surface area contributed by atoms with E-state index < -0.39 is 7.82 Å². The highest BCUT2D eigenvalue weighted by Crippen LogP contribution is 2.42. The maximum atomic E-state index is 12.4. The molecule has 0 fully saturated rings. The molecule has 0 spiro atoms. The van der Waals surface area contributed by atoms with Gasteiger partial charge in [0.2, 0.25) is 0 Å². The van der Waals surface area contributed by atoms with Crippen LogP contribution in [-0.4, -0.2) is 11.6 Å². The van der Waals surface area contributed by atoms with E-state index in [-0.39, 0.29) is 35.9 Å². The summed E-state index contributed by atoms with van der Waals surface area (Å²) in [5.41, 5.74) is 1.72. The van der Waals surface area contributed by atoms with E-state index in [1.807, 2.05) is 6.07 Å².